The van der Waals surface area contributed by atoms with E-state index in [0.29, 0.717) is 16.5 Å². The highest BCUT2D eigenvalue weighted by molar-refractivity contribution is 6.31. The molecule has 0 heterocycles. The van der Waals surface area contributed by atoms with E-state index in [0.717, 1.165) is 12.1 Å². The van der Waals surface area contributed by atoms with Crippen LogP contribution in [0, 0.1) is 0 Å². The molecule has 0 bridgehead atoms. The number of anilines is 2. The highest BCUT2D eigenvalue weighted by atomic mass is 35.5. The van der Waals surface area contributed by atoms with Crippen LogP contribution in [0.25, 0.3) is 0 Å². The second kappa shape index (κ2) is 7.71. The Kier molecular flexibility index (Phi) is 5.67. The number of nitrogens with one attached hydrogen (secondary N) is 2. The first-order valence-electron chi connectivity index (χ1n) is 7.08. The molecule has 2 aromatic carbocycles. The zero-order valence-corrected chi connectivity index (χ0v) is 13.4. The molecular formula is C17H19ClN2O2. The van der Waals surface area contributed by atoms with Crippen molar-refractivity contribution >= 4 is 28.9 Å². The van der Waals surface area contributed by atoms with Crippen molar-refractivity contribution in [1.29, 1.82) is 0 Å². The summed E-state index contributed by atoms with van der Waals surface area (Å²) in [5.41, 5.74) is 2.73. The molecule has 0 saturated heterocycles. The van der Waals surface area contributed by atoms with Gasteiger partial charge in [0.05, 0.1) is 19.3 Å². The monoisotopic (exact) mass is 318 g/mol. The number of ether oxygens (including phenoxy) is 1. The maximum absolute atomic E-state index is 12.0. The largest absolute Gasteiger partial charge is 0.495 e. The molecule has 0 radical (unpaired) electrons. The molecule has 0 spiro atoms. The number of amides is 1. The van der Waals surface area contributed by atoms with Gasteiger partial charge in [-0.2, -0.15) is 0 Å². The van der Waals surface area contributed by atoms with Crippen molar-refractivity contribution in [3.8, 4) is 5.75 Å². The molecule has 0 aromatic heterocycles. The molecule has 22 heavy (non-hydrogen) atoms. The van der Waals surface area contributed by atoms with Gasteiger partial charge in [0.2, 0.25) is 5.91 Å². The van der Waals surface area contributed by atoms with Gasteiger partial charge in [0, 0.05) is 10.7 Å². The molecule has 0 atom stereocenters. The topological polar surface area (TPSA) is 50.4 Å². The molecule has 1 amide bonds. The Labute approximate surface area is 135 Å². The quantitative estimate of drug-likeness (QED) is 0.847. The molecule has 5 heteroatoms. The summed E-state index contributed by atoms with van der Waals surface area (Å²) in [4.78, 5) is 12.0. The van der Waals surface area contributed by atoms with Gasteiger partial charge in [-0.15, -0.1) is 0 Å². The fraction of sp³-hybridized carbons (Fsp3) is 0.235. The normalized spacial score (nSPS) is 10.1. The summed E-state index contributed by atoms with van der Waals surface area (Å²) in [6, 6.07) is 13.1. The van der Waals surface area contributed by atoms with Crippen LogP contribution in [0.1, 0.15) is 12.5 Å². The van der Waals surface area contributed by atoms with Crippen LogP contribution in [0.5, 0.6) is 5.75 Å². The van der Waals surface area contributed by atoms with Crippen LogP contribution in [0.3, 0.4) is 0 Å². The minimum absolute atomic E-state index is 0.167. The van der Waals surface area contributed by atoms with Crippen molar-refractivity contribution in [2.24, 2.45) is 0 Å². The Hall–Kier alpha value is -2.20. The number of hydrogen-bond acceptors (Lipinski definition) is 3. The van der Waals surface area contributed by atoms with Crippen molar-refractivity contribution in [1.82, 2.24) is 0 Å². The summed E-state index contributed by atoms with van der Waals surface area (Å²) < 4.78 is 5.20. The van der Waals surface area contributed by atoms with E-state index < -0.39 is 0 Å². The lowest BCUT2D eigenvalue weighted by molar-refractivity contribution is -0.114. The van der Waals surface area contributed by atoms with E-state index in [2.05, 4.69) is 17.6 Å². The van der Waals surface area contributed by atoms with Gasteiger partial charge in [0.15, 0.2) is 0 Å². The predicted molar refractivity (Wildman–Crippen MR) is 90.9 cm³/mol. The first-order chi connectivity index (χ1) is 10.6. The Bertz CT molecular complexity index is 642. The van der Waals surface area contributed by atoms with Gasteiger partial charge in [-0.25, -0.2) is 0 Å². The minimum atomic E-state index is -0.167. The van der Waals surface area contributed by atoms with Crippen LogP contribution in [0.15, 0.2) is 42.5 Å². The minimum Gasteiger partial charge on any atom is -0.495 e. The number of halogens is 1. The van der Waals surface area contributed by atoms with Crippen LogP contribution in [0.4, 0.5) is 11.4 Å². The van der Waals surface area contributed by atoms with Crippen molar-refractivity contribution < 1.29 is 9.53 Å². The van der Waals surface area contributed by atoms with Crippen LogP contribution >= 0.6 is 11.6 Å². The van der Waals surface area contributed by atoms with E-state index >= 15 is 0 Å². The zero-order valence-electron chi connectivity index (χ0n) is 12.7. The number of carbonyl (C=O) groups excluding carboxylic acids is 1. The standard InChI is InChI=1S/C17H19ClN2O2/c1-3-12-4-7-14(8-5-12)19-11-17(21)20-15-10-13(18)6-9-16(15)22-2/h4-10,19H,3,11H2,1-2H3,(H,20,21). The summed E-state index contributed by atoms with van der Waals surface area (Å²) in [5.74, 6) is 0.408. The van der Waals surface area contributed by atoms with Crippen molar-refractivity contribution in [3.05, 3.63) is 53.1 Å². The van der Waals surface area contributed by atoms with Gasteiger partial charge in [-0.1, -0.05) is 30.7 Å². The third kappa shape index (κ3) is 4.40. The number of rotatable bonds is 6. The van der Waals surface area contributed by atoms with Crippen LogP contribution in [-0.4, -0.2) is 19.6 Å². The third-order valence-electron chi connectivity index (χ3n) is 3.25. The van der Waals surface area contributed by atoms with Crippen molar-refractivity contribution in [2.45, 2.75) is 13.3 Å². The first-order valence-corrected chi connectivity index (χ1v) is 7.46. The zero-order chi connectivity index (χ0) is 15.9. The second-order valence-electron chi connectivity index (χ2n) is 4.80. The Morgan fingerprint density at radius 1 is 1.18 bits per heavy atom. The van der Waals surface area contributed by atoms with E-state index in [1.165, 1.54) is 5.56 Å². The number of benzene rings is 2. The highest BCUT2D eigenvalue weighted by Gasteiger charge is 2.08. The van der Waals surface area contributed by atoms with E-state index in [4.69, 9.17) is 16.3 Å². The van der Waals surface area contributed by atoms with Crippen LogP contribution in [0.2, 0.25) is 5.02 Å². The highest BCUT2D eigenvalue weighted by Crippen LogP contribution is 2.27. The molecule has 2 N–H and O–H groups in total. The number of hydrogen-bond donors (Lipinski definition) is 2. The maximum atomic E-state index is 12.0. The molecule has 0 aliphatic rings. The molecule has 2 rings (SSSR count). The Balaban J connectivity index is 1.94. The molecule has 2 aromatic rings. The van der Waals surface area contributed by atoms with Crippen molar-refractivity contribution in [2.75, 3.05) is 24.3 Å². The lowest BCUT2D eigenvalue weighted by Crippen LogP contribution is -2.22. The summed E-state index contributed by atoms with van der Waals surface area (Å²) >= 11 is 5.94. The summed E-state index contributed by atoms with van der Waals surface area (Å²) in [5, 5.41) is 6.41. The summed E-state index contributed by atoms with van der Waals surface area (Å²) in [7, 11) is 1.55. The van der Waals surface area contributed by atoms with E-state index in [9.17, 15) is 4.79 Å². The van der Waals surface area contributed by atoms with Gasteiger partial charge in [0.1, 0.15) is 5.75 Å². The molecule has 116 valence electrons. The maximum Gasteiger partial charge on any atom is 0.243 e. The van der Waals surface area contributed by atoms with Crippen molar-refractivity contribution in [3.63, 3.8) is 0 Å². The lowest BCUT2D eigenvalue weighted by atomic mass is 10.1. The van der Waals surface area contributed by atoms with Gasteiger partial charge in [0.25, 0.3) is 0 Å². The van der Waals surface area contributed by atoms with Gasteiger partial charge < -0.3 is 15.4 Å². The number of methoxy groups -OCH3 is 1. The average molecular weight is 319 g/mol. The molecule has 4 nitrogen and oxygen atoms in total. The van der Waals surface area contributed by atoms with Crippen LogP contribution < -0.4 is 15.4 Å². The summed E-state index contributed by atoms with van der Waals surface area (Å²) in [6.45, 7) is 2.27. The SMILES string of the molecule is CCc1ccc(NCC(=O)Nc2cc(Cl)ccc2OC)cc1. The Morgan fingerprint density at radius 2 is 1.91 bits per heavy atom. The molecule has 0 unspecified atom stereocenters. The molecule has 0 aliphatic heterocycles. The van der Waals surface area contributed by atoms with Gasteiger partial charge >= 0.3 is 0 Å². The second-order valence-corrected chi connectivity index (χ2v) is 5.23. The summed E-state index contributed by atoms with van der Waals surface area (Å²) in [6.07, 6.45) is 0.995. The number of aryl methyl sites for hydroxylation is 1. The fourth-order valence-electron chi connectivity index (χ4n) is 2.01. The fourth-order valence-corrected chi connectivity index (χ4v) is 2.19. The smallest absolute Gasteiger partial charge is 0.243 e. The van der Waals surface area contributed by atoms with E-state index in [1.807, 2.05) is 24.3 Å². The lowest BCUT2D eigenvalue weighted by Gasteiger charge is -2.11. The Morgan fingerprint density at radius 3 is 2.55 bits per heavy atom. The molecular weight excluding hydrogens is 300 g/mol. The average Bonchev–Trinajstić information content (AvgIpc) is 2.53. The van der Waals surface area contributed by atoms with Gasteiger partial charge in [-0.3, -0.25) is 4.79 Å². The first kappa shape index (κ1) is 16.2. The molecule has 0 saturated carbocycles. The van der Waals surface area contributed by atoms with E-state index in [1.54, 1.807) is 25.3 Å². The van der Waals surface area contributed by atoms with Crippen LogP contribution in [-0.2, 0) is 11.2 Å². The molecule has 0 aliphatic carbocycles. The predicted octanol–water partition coefficient (Wildman–Crippen LogP) is 3.96. The number of carbonyl (C=O) groups is 1. The third-order valence-corrected chi connectivity index (χ3v) is 3.49. The van der Waals surface area contributed by atoms with Gasteiger partial charge in [-0.05, 0) is 42.3 Å². The molecule has 0 fully saturated rings. The van der Waals surface area contributed by atoms with E-state index in [-0.39, 0.29) is 12.5 Å².